The van der Waals surface area contributed by atoms with Gasteiger partial charge in [0.05, 0.1) is 6.61 Å². The number of aliphatic hydroxyl groups excluding tert-OH is 1. The van der Waals surface area contributed by atoms with Gasteiger partial charge in [-0.2, -0.15) is 0 Å². The van der Waals surface area contributed by atoms with Crippen LogP contribution in [-0.2, 0) is 9.53 Å². The summed E-state index contributed by atoms with van der Waals surface area (Å²) in [5.74, 6) is 0.186. The minimum atomic E-state index is -1.31. The minimum absolute atomic E-state index is 0.218. The highest BCUT2D eigenvalue weighted by molar-refractivity contribution is 5.75. The summed E-state index contributed by atoms with van der Waals surface area (Å²) in [6, 6.07) is 3.23. The molecule has 0 aliphatic heterocycles. The molecule has 0 fully saturated rings. The van der Waals surface area contributed by atoms with Crippen molar-refractivity contribution in [1.29, 1.82) is 0 Å². The van der Waals surface area contributed by atoms with Gasteiger partial charge in [-0.15, -0.1) is 0 Å². The van der Waals surface area contributed by atoms with Crippen LogP contribution < -0.4 is 0 Å². The Balaban J connectivity index is 2.67. The van der Waals surface area contributed by atoms with E-state index < -0.39 is 12.1 Å². The van der Waals surface area contributed by atoms with E-state index in [9.17, 15) is 9.90 Å². The highest BCUT2D eigenvalue weighted by Crippen LogP contribution is 2.16. The molecule has 1 heterocycles. The number of carbonyl (C=O) groups excluding carboxylic acids is 1. The first kappa shape index (κ1) is 9.80. The van der Waals surface area contributed by atoms with Crippen LogP contribution in [0.3, 0.4) is 0 Å². The molecule has 0 saturated carbocycles. The molecule has 1 aromatic rings. The zero-order valence-electron chi connectivity index (χ0n) is 7.61. The number of ether oxygens (including phenoxy) is 1. The highest BCUT2D eigenvalue weighted by Gasteiger charge is 2.21. The second-order valence-corrected chi connectivity index (χ2v) is 2.60. The van der Waals surface area contributed by atoms with Gasteiger partial charge in [0.1, 0.15) is 11.5 Å². The van der Waals surface area contributed by atoms with E-state index in [-0.39, 0.29) is 12.4 Å². The largest absolute Gasteiger partial charge is 0.464 e. The molecule has 0 saturated heterocycles. The highest BCUT2D eigenvalue weighted by atomic mass is 16.5. The van der Waals surface area contributed by atoms with Gasteiger partial charge >= 0.3 is 5.97 Å². The third kappa shape index (κ3) is 2.32. The Morgan fingerprint density at radius 2 is 2.38 bits per heavy atom. The van der Waals surface area contributed by atoms with Crippen molar-refractivity contribution in [3.63, 3.8) is 0 Å². The summed E-state index contributed by atoms with van der Waals surface area (Å²) in [7, 11) is 0. The first-order valence-electron chi connectivity index (χ1n) is 4.06. The average Bonchev–Trinajstić information content (AvgIpc) is 2.51. The fraction of sp³-hybridized carbons (Fsp3) is 0.444. The van der Waals surface area contributed by atoms with Crippen LogP contribution in [0.5, 0.6) is 0 Å². The van der Waals surface area contributed by atoms with Crippen LogP contribution in [0.1, 0.15) is 24.5 Å². The molecule has 0 bridgehead atoms. The lowest BCUT2D eigenvalue weighted by atomic mass is 10.3. The number of aliphatic hydroxyl groups is 1. The number of esters is 1. The third-order valence-corrected chi connectivity index (χ3v) is 1.54. The smallest absolute Gasteiger partial charge is 0.342 e. The molecule has 1 atom stereocenters. The number of rotatable bonds is 3. The van der Waals surface area contributed by atoms with E-state index in [1.54, 1.807) is 26.0 Å². The maximum absolute atomic E-state index is 11.0. The quantitative estimate of drug-likeness (QED) is 0.716. The van der Waals surface area contributed by atoms with E-state index in [4.69, 9.17) is 4.42 Å². The molecule has 4 heteroatoms. The van der Waals surface area contributed by atoms with E-state index in [0.29, 0.717) is 5.76 Å². The van der Waals surface area contributed by atoms with Crippen LogP contribution in [-0.4, -0.2) is 17.7 Å². The molecule has 0 aromatic carbocycles. The Hall–Kier alpha value is -1.29. The average molecular weight is 184 g/mol. The maximum Gasteiger partial charge on any atom is 0.342 e. The van der Waals surface area contributed by atoms with Crippen molar-refractivity contribution in [1.82, 2.24) is 0 Å². The Morgan fingerprint density at radius 1 is 1.69 bits per heavy atom. The van der Waals surface area contributed by atoms with Crippen LogP contribution in [0.15, 0.2) is 16.5 Å². The van der Waals surface area contributed by atoms with Crippen molar-refractivity contribution in [3.8, 4) is 0 Å². The molecule has 1 rings (SSSR count). The lowest BCUT2D eigenvalue weighted by Gasteiger charge is -2.05. The van der Waals surface area contributed by atoms with Gasteiger partial charge in [0, 0.05) is 0 Å². The first-order valence-corrected chi connectivity index (χ1v) is 4.06. The molecule has 0 aliphatic carbocycles. The van der Waals surface area contributed by atoms with Crippen molar-refractivity contribution in [2.24, 2.45) is 0 Å². The van der Waals surface area contributed by atoms with Gasteiger partial charge < -0.3 is 14.3 Å². The van der Waals surface area contributed by atoms with E-state index in [1.165, 1.54) is 0 Å². The minimum Gasteiger partial charge on any atom is -0.464 e. The maximum atomic E-state index is 11.0. The molecular weight excluding hydrogens is 172 g/mol. The number of carbonyl (C=O) groups is 1. The van der Waals surface area contributed by atoms with Gasteiger partial charge in [0.25, 0.3) is 0 Å². The fourth-order valence-corrected chi connectivity index (χ4v) is 0.938. The predicted molar refractivity (Wildman–Crippen MR) is 45.0 cm³/mol. The number of aryl methyl sites for hydroxylation is 1. The summed E-state index contributed by atoms with van der Waals surface area (Å²) >= 11 is 0. The number of hydrogen-bond acceptors (Lipinski definition) is 4. The van der Waals surface area contributed by atoms with Crippen molar-refractivity contribution in [2.45, 2.75) is 20.0 Å². The predicted octanol–water partition coefficient (Wildman–Crippen LogP) is 1.18. The van der Waals surface area contributed by atoms with Crippen molar-refractivity contribution in [3.05, 3.63) is 23.7 Å². The van der Waals surface area contributed by atoms with Gasteiger partial charge in [-0.1, -0.05) is 0 Å². The Bertz CT molecular complexity index is 290. The van der Waals surface area contributed by atoms with Gasteiger partial charge in [-0.05, 0) is 26.0 Å². The SMILES string of the molecule is CCOC(=O)[C@@H](O)c1ccc(C)o1. The standard InChI is InChI=1S/C9H12O4/c1-3-12-9(11)8(10)7-5-4-6(2)13-7/h4-5,8,10H,3H2,1-2H3/t8-/m0/s1. The lowest BCUT2D eigenvalue weighted by Crippen LogP contribution is -2.14. The van der Waals surface area contributed by atoms with Crippen LogP contribution in [0, 0.1) is 6.92 Å². The number of furan rings is 1. The first-order chi connectivity index (χ1) is 6.15. The molecule has 0 unspecified atom stereocenters. The van der Waals surface area contributed by atoms with Crippen LogP contribution in [0.4, 0.5) is 0 Å². The van der Waals surface area contributed by atoms with Gasteiger partial charge in [0.15, 0.2) is 0 Å². The summed E-state index contributed by atoms with van der Waals surface area (Å²) < 4.78 is 9.68. The van der Waals surface area contributed by atoms with E-state index in [0.717, 1.165) is 0 Å². The second-order valence-electron chi connectivity index (χ2n) is 2.60. The van der Waals surface area contributed by atoms with Crippen LogP contribution >= 0.6 is 0 Å². The lowest BCUT2D eigenvalue weighted by molar-refractivity contribution is -0.154. The Kier molecular flexibility index (Phi) is 3.08. The normalized spacial score (nSPS) is 12.5. The zero-order chi connectivity index (χ0) is 9.84. The molecule has 13 heavy (non-hydrogen) atoms. The van der Waals surface area contributed by atoms with Crippen molar-refractivity contribution in [2.75, 3.05) is 6.61 Å². The zero-order valence-corrected chi connectivity index (χ0v) is 7.61. The Labute approximate surface area is 76.1 Å². The molecule has 0 amide bonds. The fourth-order valence-electron chi connectivity index (χ4n) is 0.938. The van der Waals surface area contributed by atoms with Gasteiger partial charge in [-0.3, -0.25) is 0 Å². The van der Waals surface area contributed by atoms with E-state index in [1.807, 2.05) is 0 Å². The molecule has 0 aliphatic rings. The molecule has 0 radical (unpaired) electrons. The molecule has 4 nitrogen and oxygen atoms in total. The summed E-state index contributed by atoms with van der Waals surface area (Å²) in [6.45, 7) is 3.66. The number of hydrogen-bond donors (Lipinski definition) is 1. The Morgan fingerprint density at radius 3 is 2.85 bits per heavy atom. The summed E-state index contributed by atoms with van der Waals surface area (Å²) in [5, 5.41) is 9.37. The monoisotopic (exact) mass is 184 g/mol. The summed E-state index contributed by atoms with van der Waals surface area (Å²) in [4.78, 5) is 11.0. The topological polar surface area (TPSA) is 59.7 Å². The van der Waals surface area contributed by atoms with Crippen molar-refractivity contribution >= 4 is 5.97 Å². The summed E-state index contributed by atoms with van der Waals surface area (Å²) in [5.41, 5.74) is 0. The molecular formula is C9H12O4. The van der Waals surface area contributed by atoms with Crippen LogP contribution in [0.2, 0.25) is 0 Å². The van der Waals surface area contributed by atoms with Gasteiger partial charge in [0.2, 0.25) is 6.10 Å². The van der Waals surface area contributed by atoms with Crippen LogP contribution in [0.25, 0.3) is 0 Å². The van der Waals surface area contributed by atoms with Gasteiger partial charge in [-0.25, -0.2) is 4.79 Å². The third-order valence-electron chi connectivity index (χ3n) is 1.54. The van der Waals surface area contributed by atoms with Crippen molar-refractivity contribution < 1.29 is 19.1 Å². The molecule has 0 spiro atoms. The molecule has 1 N–H and O–H groups in total. The van der Waals surface area contributed by atoms with E-state index >= 15 is 0 Å². The molecule has 1 aromatic heterocycles. The molecule has 72 valence electrons. The van der Waals surface area contributed by atoms with E-state index in [2.05, 4.69) is 4.74 Å². The summed E-state index contributed by atoms with van der Waals surface area (Å²) in [6.07, 6.45) is -1.31. The second kappa shape index (κ2) is 4.09.